The van der Waals surface area contributed by atoms with Gasteiger partial charge in [-0.3, -0.25) is 9.59 Å². The third kappa shape index (κ3) is 7.64. The molecule has 1 aliphatic carbocycles. The number of hydrogen-bond acceptors (Lipinski definition) is 6. The molecule has 8 nitrogen and oxygen atoms in total. The minimum absolute atomic E-state index is 0.0790. The van der Waals surface area contributed by atoms with Gasteiger partial charge in [0.25, 0.3) is 0 Å². The molecule has 44 heavy (non-hydrogen) atoms. The summed E-state index contributed by atoms with van der Waals surface area (Å²) >= 11 is 0. The first kappa shape index (κ1) is 30.4. The van der Waals surface area contributed by atoms with Crippen molar-refractivity contribution in [2.24, 2.45) is 5.92 Å². The first-order valence-corrected chi connectivity index (χ1v) is 14.8. The second-order valence-corrected chi connectivity index (χ2v) is 10.8. The number of para-hydroxylation sites is 3. The van der Waals surface area contributed by atoms with Crippen molar-refractivity contribution in [3.63, 3.8) is 0 Å². The first-order chi connectivity index (χ1) is 21.4. The Morgan fingerprint density at radius 3 is 2.27 bits per heavy atom. The summed E-state index contributed by atoms with van der Waals surface area (Å²) < 4.78 is 11.4. The number of rotatable bonds is 15. The predicted molar refractivity (Wildman–Crippen MR) is 170 cm³/mol. The number of carboxylic acids is 1. The molecule has 0 aromatic heterocycles. The van der Waals surface area contributed by atoms with Crippen LogP contribution in [0.2, 0.25) is 0 Å². The molecular formula is C36H36N2O6. The number of aliphatic carboxylic acids is 1. The van der Waals surface area contributed by atoms with Crippen LogP contribution in [0.4, 0.5) is 11.4 Å². The van der Waals surface area contributed by atoms with Gasteiger partial charge in [-0.25, -0.2) is 4.79 Å². The Labute approximate surface area is 257 Å². The van der Waals surface area contributed by atoms with Crippen molar-refractivity contribution in [3.8, 4) is 11.5 Å². The van der Waals surface area contributed by atoms with Gasteiger partial charge in [0.1, 0.15) is 17.5 Å². The fourth-order valence-corrected chi connectivity index (χ4v) is 5.06. The monoisotopic (exact) mass is 592 g/mol. The highest BCUT2D eigenvalue weighted by atomic mass is 16.5. The Balaban J connectivity index is 1.17. The Morgan fingerprint density at radius 1 is 0.886 bits per heavy atom. The number of anilines is 2. The lowest BCUT2D eigenvalue weighted by molar-refractivity contribution is -0.137. The van der Waals surface area contributed by atoms with Crippen LogP contribution >= 0.6 is 0 Å². The van der Waals surface area contributed by atoms with E-state index in [1.54, 1.807) is 60.5 Å². The van der Waals surface area contributed by atoms with Crippen molar-refractivity contribution < 1.29 is 29.0 Å². The van der Waals surface area contributed by atoms with E-state index in [4.69, 9.17) is 9.47 Å². The van der Waals surface area contributed by atoms with Crippen LogP contribution in [0.1, 0.15) is 40.7 Å². The molecule has 0 aliphatic heterocycles. The van der Waals surface area contributed by atoms with E-state index in [1.807, 2.05) is 54.6 Å². The van der Waals surface area contributed by atoms with E-state index in [0.29, 0.717) is 47.9 Å². The summed E-state index contributed by atoms with van der Waals surface area (Å²) in [6.07, 6.45) is 2.68. The minimum atomic E-state index is -1.02. The Kier molecular flexibility index (Phi) is 9.92. The van der Waals surface area contributed by atoms with Crippen LogP contribution in [0, 0.1) is 5.92 Å². The van der Waals surface area contributed by atoms with Gasteiger partial charge in [-0.05, 0) is 61.2 Å². The number of carbonyl (C=O) groups is 3. The molecule has 0 radical (unpaired) electrons. The average Bonchev–Trinajstić information content (AvgIpc) is 3.91. The van der Waals surface area contributed by atoms with E-state index in [2.05, 4.69) is 5.32 Å². The lowest BCUT2D eigenvalue weighted by atomic mass is 10.00. The molecule has 0 bridgehead atoms. The molecule has 4 aromatic carbocycles. The van der Waals surface area contributed by atoms with Gasteiger partial charge >= 0.3 is 5.97 Å². The molecule has 226 valence electrons. The second-order valence-electron chi connectivity index (χ2n) is 10.8. The lowest BCUT2D eigenvalue weighted by Gasteiger charge is -2.24. The van der Waals surface area contributed by atoms with Gasteiger partial charge in [-0.15, -0.1) is 0 Å². The minimum Gasteiger partial charge on any atom is -0.495 e. The number of nitrogens with one attached hydrogen (secondary N) is 1. The SMILES string of the molecule is COc1ccccc1N(CCCOc1ccc(CC(Nc2ccccc2C(=O)c2ccccc2)C(=O)O)cc1)C(=O)C1CC1. The molecule has 1 saturated carbocycles. The topological polar surface area (TPSA) is 105 Å². The third-order valence-corrected chi connectivity index (χ3v) is 7.56. The van der Waals surface area contributed by atoms with Crippen LogP contribution in [-0.2, 0) is 16.0 Å². The molecule has 0 saturated heterocycles. The van der Waals surface area contributed by atoms with Gasteiger partial charge in [0.15, 0.2) is 5.78 Å². The largest absolute Gasteiger partial charge is 0.495 e. The quantitative estimate of drug-likeness (QED) is 0.124. The van der Waals surface area contributed by atoms with Crippen molar-refractivity contribution in [3.05, 3.63) is 120 Å². The molecule has 0 heterocycles. The van der Waals surface area contributed by atoms with E-state index in [-0.39, 0.29) is 24.0 Å². The van der Waals surface area contributed by atoms with Crippen LogP contribution in [0.5, 0.6) is 11.5 Å². The number of carbonyl (C=O) groups excluding carboxylic acids is 2. The zero-order valence-corrected chi connectivity index (χ0v) is 24.6. The molecule has 0 spiro atoms. The standard InChI is InChI=1S/C36H36N2O6/c1-43-33-15-8-7-14-32(33)38(35(40)27-18-19-27)22-9-23-44-28-20-16-25(17-21-28)24-31(36(41)42)37-30-13-6-5-12-29(30)34(39)26-10-3-2-4-11-26/h2-8,10-17,20-21,27,31,37H,9,18-19,22-24H2,1H3,(H,41,42). The number of amides is 1. The Bertz CT molecular complexity index is 1580. The zero-order chi connectivity index (χ0) is 30.9. The van der Waals surface area contributed by atoms with E-state index >= 15 is 0 Å². The van der Waals surface area contributed by atoms with Crippen LogP contribution in [0.3, 0.4) is 0 Å². The normalized spacial score (nSPS) is 13.0. The summed E-state index contributed by atoms with van der Waals surface area (Å²) in [6, 6.07) is 29.7. The van der Waals surface area contributed by atoms with Crippen LogP contribution in [0.25, 0.3) is 0 Å². The molecule has 2 N–H and O–H groups in total. The summed E-state index contributed by atoms with van der Waals surface area (Å²) in [5.74, 6) is 0.320. The second kappa shape index (κ2) is 14.4. The Hall–Kier alpha value is -5.11. The van der Waals surface area contributed by atoms with E-state index in [1.165, 1.54) is 0 Å². The maximum atomic E-state index is 13.1. The van der Waals surface area contributed by atoms with Gasteiger partial charge in [0.05, 0.1) is 19.4 Å². The summed E-state index contributed by atoms with van der Waals surface area (Å²) in [5, 5.41) is 13.0. The molecule has 1 aliphatic rings. The summed E-state index contributed by atoms with van der Waals surface area (Å²) in [6.45, 7) is 0.919. The van der Waals surface area contributed by atoms with Crippen molar-refractivity contribution in [2.75, 3.05) is 30.5 Å². The number of benzene rings is 4. The predicted octanol–water partition coefficient (Wildman–Crippen LogP) is 6.25. The molecule has 1 unspecified atom stereocenters. The van der Waals surface area contributed by atoms with Gasteiger partial charge in [-0.1, -0.05) is 66.7 Å². The number of ether oxygens (including phenoxy) is 2. The van der Waals surface area contributed by atoms with E-state index in [9.17, 15) is 19.5 Å². The van der Waals surface area contributed by atoms with Crippen LogP contribution in [-0.4, -0.2) is 49.1 Å². The highest BCUT2D eigenvalue weighted by molar-refractivity contribution is 6.12. The summed E-state index contributed by atoms with van der Waals surface area (Å²) in [4.78, 5) is 40.1. The molecule has 4 aromatic rings. The van der Waals surface area contributed by atoms with Gasteiger partial charge in [0.2, 0.25) is 5.91 Å². The maximum absolute atomic E-state index is 13.1. The molecular weight excluding hydrogens is 556 g/mol. The highest BCUT2D eigenvalue weighted by Crippen LogP contribution is 2.36. The van der Waals surface area contributed by atoms with Crippen molar-refractivity contribution in [1.82, 2.24) is 0 Å². The van der Waals surface area contributed by atoms with Crippen molar-refractivity contribution in [1.29, 1.82) is 0 Å². The van der Waals surface area contributed by atoms with Crippen LogP contribution < -0.4 is 19.7 Å². The van der Waals surface area contributed by atoms with Crippen molar-refractivity contribution in [2.45, 2.75) is 31.7 Å². The lowest BCUT2D eigenvalue weighted by Crippen LogP contribution is -2.34. The fraction of sp³-hybridized carbons (Fsp3) is 0.250. The molecule has 8 heteroatoms. The maximum Gasteiger partial charge on any atom is 0.326 e. The number of ketones is 1. The zero-order valence-electron chi connectivity index (χ0n) is 24.6. The third-order valence-electron chi connectivity index (χ3n) is 7.56. The van der Waals surface area contributed by atoms with Gasteiger partial charge in [-0.2, -0.15) is 0 Å². The smallest absolute Gasteiger partial charge is 0.326 e. The van der Waals surface area contributed by atoms with E-state index < -0.39 is 12.0 Å². The Morgan fingerprint density at radius 2 is 1.57 bits per heavy atom. The van der Waals surface area contributed by atoms with Gasteiger partial charge in [0, 0.05) is 35.7 Å². The average molecular weight is 593 g/mol. The molecule has 1 amide bonds. The fourth-order valence-electron chi connectivity index (χ4n) is 5.06. The van der Waals surface area contributed by atoms with Gasteiger partial charge < -0.3 is 24.8 Å². The highest BCUT2D eigenvalue weighted by Gasteiger charge is 2.34. The van der Waals surface area contributed by atoms with Crippen LogP contribution in [0.15, 0.2) is 103 Å². The summed E-state index contributed by atoms with van der Waals surface area (Å²) in [7, 11) is 1.60. The van der Waals surface area contributed by atoms with E-state index in [0.717, 1.165) is 24.1 Å². The number of nitrogens with zero attached hydrogens (tertiary/aromatic N) is 1. The number of carboxylic acid groups (broad SMARTS) is 1. The summed E-state index contributed by atoms with van der Waals surface area (Å²) in [5.41, 5.74) is 2.99. The molecule has 1 fully saturated rings. The first-order valence-electron chi connectivity index (χ1n) is 14.8. The number of hydrogen-bond donors (Lipinski definition) is 2. The molecule has 1 atom stereocenters. The number of methoxy groups -OCH3 is 1. The van der Waals surface area contributed by atoms with Crippen molar-refractivity contribution >= 4 is 29.0 Å². The molecule has 5 rings (SSSR count).